The highest BCUT2D eigenvalue weighted by Crippen LogP contribution is 2.17. The Labute approximate surface area is 115 Å². The second-order valence-electron chi connectivity index (χ2n) is 3.98. The monoisotopic (exact) mass is 295 g/mol. The molecule has 2 rings (SSSR count). The first kappa shape index (κ1) is 14.2. The number of halogens is 2. The second kappa shape index (κ2) is 5.83. The summed E-state index contributed by atoms with van der Waals surface area (Å²) in [6, 6.07) is 11.4. The Morgan fingerprint density at radius 1 is 1.00 bits per heavy atom. The van der Waals surface area contributed by atoms with Crippen molar-refractivity contribution in [3.63, 3.8) is 0 Å². The number of nitrogens with one attached hydrogen (secondary N) is 1. The van der Waals surface area contributed by atoms with E-state index in [-0.39, 0.29) is 5.69 Å². The fourth-order valence-corrected chi connectivity index (χ4v) is 2.37. The molecule has 0 spiro atoms. The van der Waals surface area contributed by atoms with Gasteiger partial charge in [0, 0.05) is 6.07 Å². The molecule has 0 heterocycles. The van der Waals surface area contributed by atoms with E-state index in [1.807, 2.05) is 4.72 Å². The maximum atomic E-state index is 13.4. The van der Waals surface area contributed by atoms with Gasteiger partial charge in [-0.1, -0.05) is 30.3 Å². The van der Waals surface area contributed by atoms with Crippen LogP contribution in [0.25, 0.3) is 6.08 Å². The summed E-state index contributed by atoms with van der Waals surface area (Å²) in [6.45, 7) is 0. The Morgan fingerprint density at radius 3 is 2.35 bits per heavy atom. The van der Waals surface area contributed by atoms with Crippen molar-refractivity contribution in [3.05, 3.63) is 71.1 Å². The number of sulfonamides is 1. The summed E-state index contributed by atoms with van der Waals surface area (Å²) >= 11 is 0. The zero-order chi connectivity index (χ0) is 14.6. The molecule has 2 aromatic carbocycles. The van der Waals surface area contributed by atoms with Crippen molar-refractivity contribution in [1.82, 2.24) is 0 Å². The summed E-state index contributed by atoms with van der Waals surface area (Å²) < 4.78 is 51.6. The maximum Gasteiger partial charge on any atom is 0.255 e. The van der Waals surface area contributed by atoms with Gasteiger partial charge in [0.05, 0.1) is 11.1 Å². The molecule has 0 amide bonds. The molecule has 0 aliphatic carbocycles. The van der Waals surface area contributed by atoms with Crippen molar-refractivity contribution >= 4 is 21.8 Å². The molecule has 20 heavy (non-hydrogen) atoms. The molecule has 0 aromatic heterocycles. The molecule has 6 heteroatoms. The molecule has 104 valence electrons. The topological polar surface area (TPSA) is 46.2 Å². The summed E-state index contributed by atoms with van der Waals surface area (Å²) in [4.78, 5) is 0. The van der Waals surface area contributed by atoms with Gasteiger partial charge in [-0.25, -0.2) is 17.2 Å². The first-order valence-electron chi connectivity index (χ1n) is 5.67. The largest absolute Gasteiger partial charge is 0.277 e. The highest BCUT2D eigenvalue weighted by Gasteiger charge is 2.10. The van der Waals surface area contributed by atoms with Crippen LogP contribution in [0.2, 0.25) is 0 Å². The number of anilines is 1. The zero-order valence-corrected chi connectivity index (χ0v) is 11.1. The molecule has 1 N–H and O–H groups in total. The van der Waals surface area contributed by atoms with Crippen molar-refractivity contribution in [2.24, 2.45) is 0 Å². The van der Waals surface area contributed by atoms with Crippen LogP contribution in [0.1, 0.15) is 5.56 Å². The molecule has 0 aliphatic rings. The molecular formula is C14H11F2NO2S. The van der Waals surface area contributed by atoms with Gasteiger partial charge in [-0.05, 0) is 23.8 Å². The number of hydrogen-bond acceptors (Lipinski definition) is 2. The lowest BCUT2D eigenvalue weighted by Gasteiger charge is -2.05. The SMILES string of the molecule is O=S(=O)(/C=C/c1ccccc1)Nc1ccc(F)cc1F. The Kier molecular flexibility index (Phi) is 4.14. The van der Waals surface area contributed by atoms with Crippen molar-refractivity contribution < 1.29 is 17.2 Å². The molecule has 0 aliphatic heterocycles. The van der Waals surface area contributed by atoms with Crippen LogP contribution in [0.3, 0.4) is 0 Å². The molecule has 0 radical (unpaired) electrons. The molecule has 0 saturated carbocycles. The molecule has 0 unspecified atom stereocenters. The van der Waals surface area contributed by atoms with Gasteiger partial charge < -0.3 is 0 Å². The van der Waals surface area contributed by atoms with Crippen molar-refractivity contribution in [1.29, 1.82) is 0 Å². The average Bonchev–Trinajstić information content (AvgIpc) is 2.41. The van der Waals surface area contributed by atoms with Gasteiger partial charge in [-0.3, -0.25) is 4.72 Å². The average molecular weight is 295 g/mol. The normalized spacial score (nSPS) is 11.7. The third-order valence-electron chi connectivity index (χ3n) is 2.42. The first-order valence-corrected chi connectivity index (χ1v) is 7.22. The third kappa shape index (κ3) is 3.89. The van der Waals surface area contributed by atoms with Crippen LogP contribution in [0, 0.1) is 11.6 Å². The summed E-state index contributed by atoms with van der Waals surface area (Å²) in [6.07, 6.45) is 1.38. The second-order valence-corrected chi connectivity index (χ2v) is 5.55. The van der Waals surface area contributed by atoms with E-state index in [1.54, 1.807) is 30.3 Å². The van der Waals surface area contributed by atoms with Crippen LogP contribution in [0.4, 0.5) is 14.5 Å². The third-order valence-corrected chi connectivity index (χ3v) is 3.42. The zero-order valence-electron chi connectivity index (χ0n) is 10.3. The lowest BCUT2D eigenvalue weighted by Crippen LogP contribution is -2.10. The summed E-state index contributed by atoms with van der Waals surface area (Å²) in [7, 11) is -3.86. The minimum Gasteiger partial charge on any atom is -0.277 e. The van der Waals surface area contributed by atoms with Gasteiger partial charge in [0.2, 0.25) is 0 Å². The number of hydrogen-bond donors (Lipinski definition) is 1. The van der Waals surface area contributed by atoms with Crippen LogP contribution in [0.15, 0.2) is 53.9 Å². The van der Waals surface area contributed by atoms with E-state index >= 15 is 0 Å². The first-order chi connectivity index (χ1) is 9.46. The molecule has 0 fully saturated rings. The number of rotatable bonds is 4. The van der Waals surface area contributed by atoms with E-state index in [4.69, 9.17) is 0 Å². The maximum absolute atomic E-state index is 13.4. The quantitative estimate of drug-likeness (QED) is 0.940. The van der Waals surface area contributed by atoms with E-state index < -0.39 is 21.7 Å². The summed E-state index contributed by atoms with van der Waals surface area (Å²) in [5.41, 5.74) is 0.390. The van der Waals surface area contributed by atoms with Gasteiger partial charge in [0.1, 0.15) is 11.6 Å². The predicted molar refractivity (Wildman–Crippen MR) is 74.4 cm³/mol. The van der Waals surface area contributed by atoms with Crippen LogP contribution in [0.5, 0.6) is 0 Å². The summed E-state index contributed by atoms with van der Waals surface area (Å²) in [5, 5.41) is 0.922. The smallest absolute Gasteiger partial charge is 0.255 e. The van der Waals surface area contributed by atoms with Crippen molar-refractivity contribution in [2.45, 2.75) is 0 Å². The molecule has 0 saturated heterocycles. The van der Waals surface area contributed by atoms with Gasteiger partial charge in [-0.2, -0.15) is 0 Å². The predicted octanol–water partition coefficient (Wildman–Crippen LogP) is 3.38. The van der Waals surface area contributed by atoms with Gasteiger partial charge >= 0.3 is 0 Å². The molecule has 3 nitrogen and oxygen atoms in total. The van der Waals surface area contributed by atoms with Crippen LogP contribution in [-0.2, 0) is 10.0 Å². The highest BCUT2D eigenvalue weighted by atomic mass is 32.2. The van der Waals surface area contributed by atoms with E-state index in [1.165, 1.54) is 6.08 Å². The van der Waals surface area contributed by atoms with Crippen LogP contribution >= 0.6 is 0 Å². The van der Waals surface area contributed by atoms with Gasteiger partial charge in [0.15, 0.2) is 0 Å². The number of benzene rings is 2. The van der Waals surface area contributed by atoms with Crippen molar-refractivity contribution in [3.8, 4) is 0 Å². The van der Waals surface area contributed by atoms with E-state index in [9.17, 15) is 17.2 Å². The van der Waals surface area contributed by atoms with E-state index in [0.29, 0.717) is 11.6 Å². The van der Waals surface area contributed by atoms with Crippen molar-refractivity contribution in [2.75, 3.05) is 4.72 Å². The van der Waals surface area contributed by atoms with Gasteiger partial charge in [-0.15, -0.1) is 0 Å². The van der Waals surface area contributed by atoms with E-state index in [2.05, 4.69) is 0 Å². The molecular weight excluding hydrogens is 284 g/mol. The van der Waals surface area contributed by atoms with Crippen LogP contribution < -0.4 is 4.72 Å². The summed E-state index contributed by atoms with van der Waals surface area (Å²) in [5.74, 6) is -1.74. The molecule has 0 atom stereocenters. The van der Waals surface area contributed by atoms with Crippen LogP contribution in [-0.4, -0.2) is 8.42 Å². The Bertz CT molecular complexity index is 728. The Morgan fingerprint density at radius 2 is 1.70 bits per heavy atom. The Balaban J connectivity index is 2.17. The fourth-order valence-electron chi connectivity index (χ4n) is 1.49. The lowest BCUT2D eigenvalue weighted by molar-refractivity contribution is 0.584. The standard InChI is InChI=1S/C14H11F2NO2S/c15-12-6-7-14(13(16)10-12)17-20(18,19)9-8-11-4-2-1-3-5-11/h1-10,17H/b9-8+. The lowest BCUT2D eigenvalue weighted by atomic mass is 10.2. The minimum atomic E-state index is -3.86. The fraction of sp³-hybridized carbons (Fsp3) is 0. The highest BCUT2D eigenvalue weighted by molar-refractivity contribution is 7.95. The molecule has 2 aromatic rings. The van der Waals surface area contributed by atoms with Gasteiger partial charge in [0.25, 0.3) is 10.0 Å². The molecule has 0 bridgehead atoms. The van der Waals surface area contributed by atoms with E-state index in [0.717, 1.165) is 17.5 Å². The minimum absolute atomic E-state index is 0.302. The Hall–Kier alpha value is -2.21.